The minimum Gasteiger partial charge on any atom is -0.469 e. The number of carbonyl (C=O) groups is 1. The number of allylic oxidation sites excluding steroid dienone is 5. The summed E-state index contributed by atoms with van der Waals surface area (Å²) in [7, 11) is 3.23. The molecule has 0 aliphatic rings. The molecular weight excluding hydrogens is 300 g/mol. The molecule has 0 radical (unpaired) electrons. The minimum absolute atomic E-state index is 0.0923. The summed E-state index contributed by atoms with van der Waals surface area (Å²) in [6.45, 7) is 2.03. The van der Waals surface area contributed by atoms with Crippen molar-refractivity contribution in [2.75, 3.05) is 14.2 Å². The maximum atomic E-state index is 11.0. The van der Waals surface area contributed by atoms with E-state index in [-0.39, 0.29) is 12.1 Å². The van der Waals surface area contributed by atoms with Gasteiger partial charge in [0.2, 0.25) is 0 Å². The zero-order valence-corrected chi connectivity index (χ0v) is 15.8. The maximum absolute atomic E-state index is 11.0. The average Bonchev–Trinajstić information content (AvgIpc) is 2.60. The summed E-state index contributed by atoms with van der Waals surface area (Å²) in [5.74, 6) is -0.0923. The van der Waals surface area contributed by atoms with Crippen molar-refractivity contribution in [1.82, 2.24) is 0 Å². The zero-order chi connectivity index (χ0) is 17.9. The quantitative estimate of drug-likeness (QED) is 0.165. The fourth-order valence-corrected chi connectivity index (χ4v) is 2.45. The molecule has 0 heterocycles. The van der Waals surface area contributed by atoms with Gasteiger partial charge in [-0.2, -0.15) is 0 Å². The van der Waals surface area contributed by atoms with Gasteiger partial charge in [-0.05, 0) is 26.2 Å². The largest absolute Gasteiger partial charge is 0.469 e. The van der Waals surface area contributed by atoms with Gasteiger partial charge in [0.15, 0.2) is 0 Å². The van der Waals surface area contributed by atoms with Gasteiger partial charge < -0.3 is 9.47 Å². The fraction of sp³-hybridized carbons (Fsp3) is 0.667. The third kappa shape index (κ3) is 15.5. The summed E-state index contributed by atoms with van der Waals surface area (Å²) in [6, 6.07) is 0. The Kier molecular flexibility index (Phi) is 17.0. The van der Waals surface area contributed by atoms with E-state index in [1.54, 1.807) is 7.11 Å². The van der Waals surface area contributed by atoms with Crippen molar-refractivity contribution in [2.45, 2.75) is 77.2 Å². The van der Waals surface area contributed by atoms with Gasteiger partial charge in [-0.3, -0.25) is 4.79 Å². The first kappa shape index (κ1) is 22.6. The molecule has 0 bridgehead atoms. The number of unbranched alkanes of at least 4 members (excludes halogenated alkanes) is 6. The lowest BCUT2D eigenvalue weighted by atomic mass is 10.1. The number of rotatable bonds is 15. The van der Waals surface area contributed by atoms with Crippen molar-refractivity contribution in [1.29, 1.82) is 0 Å². The van der Waals surface area contributed by atoms with Crippen molar-refractivity contribution in [3.05, 3.63) is 36.5 Å². The topological polar surface area (TPSA) is 35.5 Å². The molecule has 0 rings (SSSR count). The van der Waals surface area contributed by atoms with Gasteiger partial charge in [0, 0.05) is 13.5 Å². The predicted molar refractivity (Wildman–Crippen MR) is 102 cm³/mol. The van der Waals surface area contributed by atoms with E-state index < -0.39 is 0 Å². The molecule has 0 aliphatic heterocycles. The average molecular weight is 337 g/mol. The number of hydrogen-bond donors (Lipinski definition) is 0. The molecule has 0 saturated carbocycles. The van der Waals surface area contributed by atoms with Gasteiger partial charge in [0.05, 0.1) is 13.2 Å². The summed E-state index contributed by atoms with van der Waals surface area (Å²) in [6.07, 6.45) is 23.7. The van der Waals surface area contributed by atoms with Crippen molar-refractivity contribution in [3.8, 4) is 0 Å². The highest BCUT2D eigenvalue weighted by Crippen LogP contribution is 2.12. The van der Waals surface area contributed by atoms with E-state index in [1.165, 1.54) is 39.2 Å². The van der Waals surface area contributed by atoms with Crippen LogP contribution in [0.5, 0.6) is 0 Å². The van der Waals surface area contributed by atoms with E-state index in [0.717, 1.165) is 25.7 Å². The van der Waals surface area contributed by atoms with Crippen molar-refractivity contribution in [2.24, 2.45) is 0 Å². The number of carbonyl (C=O) groups excluding carboxylic acids is 1. The van der Waals surface area contributed by atoms with E-state index in [4.69, 9.17) is 4.74 Å². The summed E-state index contributed by atoms with van der Waals surface area (Å²) >= 11 is 0. The molecule has 0 N–H and O–H groups in total. The first-order valence-electron chi connectivity index (χ1n) is 9.28. The lowest BCUT2D eigenvalue weighted by molar-refractivity contribution is -0.140. The van der Waals surface area contributed by atoms with E-state index in [9.17, 15) is 4.79 Å². The fourth-order valence-electron chi connectivity index (χ4n) is 2.45. The smallest absolute Gasteiger partial charge is 0.305 e. The molecule has 0 aromatic heterocycles. The van der Waals surface area contributed by atoms with Crippen LogP contribution in [0.3, 0.4) is 0 Å². The molecule has 138 valence electrons. The van der Waals surface area contributed by atoms with Gasteiger partial charge >= 0.3 is 5.97 Å². The Bertz CT molecular complexity index is 369. The Morgan fingerprint density at radius 3 is 2.21 bits per heavy atom. The van der Waals surface area contributed by atoms with Crippen molar-refractivity contribution >= 4 is 5.97 Å². The molecule has 0 spiro atoms. The van der Waals surface area contributed by atoms with Gasteiger partial charge in [-0.15, -0.1) is 0 Å². The molecule has 3 heteroatoms. The molecule has 0 fully saturated rings. The maximum Gasteiger partial charge on any atom is 0.305 e. The molecule has 0 saturated heterocycles. The van der Waals surface area contributed by atoms with Crippen LogP contribution in [0.2, 0.25) is 0 Å². The lowest BCUT2D eigenvalue weighted by Gasteiger charge is -2.10. The van der Waals surface area contributed by atoms with E-state index >= 15 is 0 Å². The second-order valence-corrected chi connectivity index (χ2v) is 5.98. The van der Waals surface area contributed by atoms with E-state index in [2.05, 4.69) is 41.2 Å². The lowest BCUT2D eigenvalue weighted by Crippen LogP contribution is -2.06. The molecule has 24 heavy (non-hydrogen) atoms. The van der Waals surface area contributed by atoms with Crippen LogP contribution >= 0.6 is 0 Å². The Labute approximate surface area is 148 Å². The molecule has 0 amide bonds. The minimum atomic E-state index is -0.0923. The van der Waals surface area contributed by atoms with Gasteiger partial charge in [-0.1, -0.05) is 75.0 Å². The number of esters is 1. The van der Waals surface area contributed by atoms with Crippen LogP contribution in [-0.2, 0) is 14.3 Å². The third-order valence-corrected chi connectivity index (χ3v) is 3.98. The van der Waals surface area contributed by atoms with Crippen LogP contribution < -0.4 is 0 Å². The molecule has 0 aromatic carbocycles. The predicted octanol–water partition coefficient (Wildman–Crippen LogP) is 5.76. The molecule has 1 unspecified atom stereocenters. The molecule has 3 nitrogen and oxygen atoms in total. The second-order valence-electron chi connectivity index (χ2n) is 5.98. The van der Waals surface area contributed by atoms with Crippen LogP contribution in [0.25, 0.3) is 0 Å². The highest BCUT2D eigenvalue weighted by atomic mass is 16.5. The monoisotopic (exact) mass is 336 g/mol. The highest BCUT2D eigenvalue weighted by Gasteiger charge is 2.02. The van der Waals surface area contributed by atoms with Crippen LogP contribution in [0.15, 0.2) is 36.5 Å². The highest BCUT2D eigenvalue weighted by molar-refractivity contribution is 5.68. The first-order chi connectivity index (χ1) is 11.7. The van der Waals surface area contributed by atoms with E-state index in [1.807, 2.05) is 6.92 Å². The zero-order valence-electron chi connectivity index (χ0n) is 15.8. The Morgan fingerprint density at radius 2 is 1.58 bits per heavy atom. The summed E-state index contributed by atoms with van der Waals surface area (Å²) in [4.78, 5) is 11.0. The molecule has 0 aliphatic carbocycles. The molecule has 1 atom stereocenters. The van der Waals surface area contributed by atoms with Crippen LogP contribution in [0.4, 0.5) is 0 Å². The Hall–Kier alpha value is -1.35. The molecular formula is C21H36O3. The number of methoxy groups -OCH3 is 2. The van der Waals surface area contributed by atoms with Crippen molar-refractivity contribution in [3.63, 3.8) is 0 Å². The number of hydrogen-bond acceptors (Lipinski definition) is 3. The van der Waals surface area contributed by atoms with Gasteiger partial charge in [-0.25, -0.2) is 0 Å². The standard InChI is InChI=1S/C21H36O3/c1-4-5-6-7-11-14-17-20(23-2)18-15-12-9-8-10-13-16-19-21(22)24-3/h4-5,7,11,14,17,20H,6,8-10,12-13,15-16,18-19H2,1-3H3. The summed E-state index contributed by atoms with van der Waals surface area (Å²) < 4.78 is 10.1. The summed E-state index contributed by atoms with van der Waals surface area (Å²) in [5, 5.41) is 0. The Morgan fingerprint density at radius 1 is 0.917 bits per heavy atom. The first-order valence-corrected chi connectivity index (χ1v) is 9.28. The van der Waals surface area contributed by atoms with Crippen LogP contribution in [0.1, 0.15) is 71.1 Å². The SMILES string of the molecule is CC=CCC=CC=CC(CCCCCCCCCC(=O)OC)OC. The summed E-state index contributed by atoms with van der Waals surface area (Å²) in [5.41, 5.74) is 0. The second kappa shape index (κ2) is 18.0. The van der Waals surface area contributed by atoms with Crippen LogP contribution in [-0.4, -0.2) is 26.3 Å². The third-order valence-electron chi connectivity index (χ3n) is 3.98. The van der Waals surface area contributed by atoms with E-state index in [0.29, 0.717) is 6.42 Å². The van der Waals surface area contributed by atoms with Crippen molar-refractivity contribution < 1.29 is 14.3 Å². The van der Waals surface area contributed by atoms with Gasteiger partial charge in [0.25, 0.3) is 0 Å². The Balaban J connectivity index is 3.54. The molecule has 0 aromatic rings. The number of ether oxygens (including phenoxy) is 2. The van der Waals surface area contributed by atoms with Gasteiger partial charge in [0.1, 0.15) is 0 Å². The normalized spacial score (nSPS) is 13.3. The van der Waals surface area contributed by atoms with Crippen LogP contribution in [0, 0.1) is 0 Å².